The molecule has 1 aromatic heterocycles. The molecule has 2 aromatic rings. The lowest BCUT2D eigenvalue weighted by Gasteiger charge is -2.19. The molecule has 5 heteroatoms. The average Bonchev–Trinajstić information content (AvgIpc) is 2.74. The molecule has 0 spiro atoms. The maximum Gasteiger partial charge on any atom is 0.101 e. The van der Waals surface area contributed by atoms with Crippen molar-refractivity contribution in [2.45, 2.75) is 6.54 Å². The van der Waals surface area contributed by atoms with Crippen LogP contribution >= 0.6 is 34.5 Å². The highest BCUT2D eigenvalue weighted by Gasteiger charge is 2.09. The summed E-state index contributed by atoms with van der Waals surface area (Å²) in [6.07, 6.45) is 0. The molecule has 0 amide bonds. The summed E-state index contributed by atoms with van der Waals surface area (Å²) in [4.78, 5) is 3.14. The molecule has 0 unspecified atom stereocenters. The Bertz CT molecular complexity index is 601. The van der Waals surface area contributed by atoms with Crippen LogP contribution in [0.2, 0.25) is 9.36 Å². The summed E-state index contributed by atoms with van der Waals surface area (Å²) in [5.41, 5.74) is 1.44. The number of rotatable bonds is 3. The number of thiophene rings is 1. The first-order chi connectivity index (χ1) is 8.60. The zero-order valence-corrected chi connectivity index (χ0v) is 12.0. The van der Waals surface area contributed by atoms with E-state index in [0.717, 1.165) is 14.9 Å². The predicted octanol–water partition coefficient (Wildman–Crippen LogP) is 4.56. The van der Waals surface area contributed by atoms with E-state index in [4.69, 9.17) is 28.5 Å². The fraction of sp³-hybridized carbons (Fsp3) is 0.154. The van der Waals surface area contributed by atoms with Crippen LogP contribution in [0.1, 0.15) is 10.4 Å². The van der Waals surface area contributed by atoms with Crippen LogP contribution in [-0.4, -0.2) is 7.05 Å². The van der Waals surface area contributed by atoms with Gasteiger partial charge in [0.15, 0.2) is 0 Å². The molecule has 2 nitrogen and oxygen atoms in total. The molecule has 0 saturated heterocycles. The summed E-state index contributed by atoms with van der Waals surface area (Å²) in [7, 11) is 1.93. The van der Waals surface area contributed by atoms with Gasteiger partial charge in [-0.15, -0.1) is 11.3 Å². The third kappa shape index (κ3) is 2.97. The molecule has 2 rings (SSSR count). The Morgan fingerprint density at radius 3 is 2.67 bits per heavy atom. The van der Waals surface area contributed by atoms with E-state index in [1.807, 2.05) is 24.1 Å². The fourth-order valence-corrected chi connectivity index (χ4v) is 2.98. The van der Waals surface area contributed by atoms with Crippen molar-refractivity contribution in [3.63, 3.8) is 0 Å². The van der Waals surface area contributed by atoms with Crippen molar-refractivity contribution in [3.8, 4) is 6.07 Å². The van der Waals surface area contributed by atoms with E-state index < -0.39 is 0 Å². The minimum Gasteiger partial charge on any atom is -0.368 e. The minimum absolute atomic E-state index is 0.615. The van der Waals surface area contributed by atoms with Gasteiger partial charge in [0.2, 0.25) is 0 Å². The Morgan fingerprint density at radius 1 is 1.28 bits per heavy atom. The quantitative estimate of drug-likeness (QED) is 0.830. The number of hydrogen-bond donors (Lipinski definition) is 0. The van der Waals surface area contributed by atoms with Crippen LogP contribution in [0, 0.1) is 11.3 Å². The van der Waals surface area contributed by atoms with Crippen molar-refractivity contribution in [1.29, 1.82) is 5.26 Å². The summed E-state index contributed by atoms with van der Waals surface area (Å²) >= 11 is 13.4. The largest absolute Gasteiger partial charge is 0.368 e. The smallest absolute Gasteiger partial charge is 0.101 e. The fourth-order valence-electron chi connectivity index (χ4n) is 1.67. The Hall–Kier alpha value is -1.21. The zero-order valence-electron chi connectivity index (χ0n) is 9.65. The van der Waals surface area contributed by atoms with Crippen LogP contribution in [0.5, 0.6) is 0 Å². The van der Waals surface area contributed by atoms with Crippen molar-refractivity contribution in [1.82, 2.24) is 0 Å². The van der Waals surface area contributed by atoms with Gasteiger partial charge in [0.05, 0.1) is 22.1 Å². The molecule has 0 N–H and O–H groups in total. The van der Waals surface area contributed by atoms with Crippen molar-refractivity contribution in [3.05, 3.63) is 50.1 Å². The summed E-state index contributed by atoms with van der Waals surface area (Å²) in [6, 6.07) is 11.3. The first kappa shape index (κ1) is 13.2. The van der Waals surface area contributed by atoms with Crippen LogP contribution in [-0.2, 0) is 6.54 Å². The van der Waals surface area contributed by atoms with Gasteiger partial charge in [-0.1, -0.05) is 23.2 Å². The standard InChI is InChI=1S/C13H10Cl2N2S/c1-17(8-11-4-5-13(15)18-11)12-6-10(14)3-2-9(12)7-16/h2-6H,8H2,1H3. The molecular weight excluding hydrogens is 287 g/mol. The molecule has 1 heterocycles. The average molecular weight is 297 g/mol. The van der Waals surface area contributed by atoms with Crippen LogP contribution in [0.4, 0.5) is 5.69 Å². The monoisotopic (exact) mass is 296 g/mol. The first-order valence-corrected chi connectivity index (χ1v) is 6.82. The molecule has 0 aliphatic carbocycles. The molecular formula is C13H10Cl2N2S. The maximum absolute atomic E-state index is 9.09. The molecule has 0 saturated carbocycles. The molecule has 92 valence electrons. The minimum atomic E-state index is 0.615. The van der Waals surface area contributed by atoms with E-state index in [0.29, 0.717) is 17.1 Å². The van der Waals surface area contributed by atoms with E-state index in [9.17, 15) is 0 Å². The highest BCUT2D eigenvalue weighted by Crippen LogP contribution is 2.27. The number of hydrogen-bond acceptors (Lipinski definition) is 3. The highest BCUT2D eigenvalue weighted by atomic mass is 35.5. The van der Waals surface area contributed by atoms with E-state index in [2.05, 4.69) is 6.07 Å². The number of halogens is 2. The molecule has 0 atom stereocenters. The Balaban J connectivity index is 2.26. The van der Waals surface area contributed by atoms with E-state index >= 15 is 0 Å². The number of anilines is 1. The van der Waals surface area contributed by atoms with Gasteiger partial charge >= 0.3 is 0 Å². The van der Waals surface area contributed by atoms with Crippen LogP contribution in [0.25, 0.3) is 0 Å². The van der Waals surface area contributed by atoms with E-state index in [-0.39, 0.29) is 0 Å². The van der Waals surface area contributed by atoms with Crippen LogP contribution in [0.3, 0.4) is 0 Å². The third-order valence-electron chi connectivity index (χ3n) is 2.51. The van der Waals surface area contributed by atoms with Crippen molar-refractivity contribution in [2.75, 3.05) is 11.9 Å². The Labute approximate surface area is 120 Å². The van der Waals surface area contributed by atoms with Gasteiger partial charge < -0.3 is 4.90 Å². The lowest BCUT2D eigenvalue weighted by Crippen LogP contribution is -2.16. The SMILES string of the molecule is CN(Cc1ccc(Cl)s1)c1cc(Cl)ccc1C#N. The maximum atomic E-state index is 9.09. The van der Waals surface area contributed by atoms with Gasteiger partial charge in [0.25, 0.3) is 0 Å². The Morgan fingerprint density at radius 2 is 2.06 bits per heavy atom. The van der Waals surface area contributed by atoms with Gasteiger partial charge in [0, 0.05) is 16.9 Å². The summed E-state index contributed by atoms with van der Waals surface area (Å²) in [6.45, 7) is 0.701. The molecule has 0 aliphatic heterocycles. The topological polar surface area (TPSA) is 27.0 Å². The molecule has 18 heavy (non-hydrogen) atoms. The van der Waals surface area contributed by atoms with Crippen molar-refractivity contribution in [2.24, 2.45) is 0 Å². The Kier molecular flexibility index (Phi) is 4.13. The van der Waals surface area contributed by atoms with E-state index in [1.165, 1.54) is 11.3 Å². The molecule has 0 fully saturated rings. The van der Waals surface area contributed by atoms with Crippen molar-refractivity contribution >= 4 is 40.2 Å². The van der Waals surface area contributed by atoms with Crippen molar-refractivity contribution < 1.29 is 0 Å². The van der Waals surface area contributed by atoms with Gasteiger partial charge in [0.1, 0.15) is 6.07 Å². The summed E-state index contributed by atoms with van der Waals surface area (Å²) in [5, 5.41) is 9.72. The normalized spacial score (nSPS) is 10.1. The molecule has 0 bridgehead atoms. The molecule has 0 aliphatic rings. The van der Waals surface area contributed by atoms with Gasteiger partial charge in [-0.05, 0) is 30.3 Å². The summed E-state index contributed by atoms with van der Waals surface area (Å²) in [5.74, 6) is 0. The van der Waals surface area contributed by atoms with Crippen LogP contribution in [0.15, 0.2) is 30.3 Å². The lowest BCUT2D eigenvalue weighted by atomic mass is 10.2. The number of benzene rings is 1. The second kappa shape index (κ2) is 5.62. The zero-order chi connectivity index (χ0) is 13.1. The molecule has 1 aromatic carbocycles. The second-order valence-corrected chi connectivity index (χ2v) is 6.07. The predicted molar refractivity (Wildman–Crippen MR) is 77.6 cm³/mol. The summed E-state index contributed by atoms with van der Waals surface area (Å²) < 4.78 is 0.769. The van der Waals surface area contributed by atoms with Crippen LogP contribution < -0.4 is 4.90 Å². The molecule has 0 radical (unpaired) electrons. The lowest BCUT2D eigenvalue weighted by molar-refractivity contribution is 0.938. The van der Waals surface area contributed by atoms with Gasteiger partial charge in [-0.3, -0.25) is 0 Å². The number of nitrogens with zero attached hydrogens (tertiary/aromatic N) is 2. The second-order valence-electron chi connectivity index (χ2n) is 3.84. The highest BCUT2D eigenvalue weighted by molar-refractivity contribution is 7.16. The first-order valence-electron chi connectivity index (χ1n) is 5.25. The third-order valence-corrected chi connectivity index (χ3v) is 3.96. The number of nitriles is 1. The van der Waals surface area contributed by atoms with Gasteiger partial charge in [-0.2, -0.15) is 5.26 Å². The van der Waals surface area contributed by atoms with Gasteiger partial charge in [-0.25, -0.2) is 0 Å². The van der Waals surface area contributed by atoms with E-state index in [1.54, 1.807) is 18.2 Å².